The van der Waals surface area contributed by atoms with Crippen LogP contribution in [0.15, 0.2) is 0 Å². The molecule has 0 heterocycles. The van der Waals surface area contributed by atoms with Crippen molar-refractivity contribution in [3.05, 3.63) is 14.9 Å². The van der Waals surface area contributed by atoms with Crippen LogP contribution in [-0.2, 0) is 17.1 Å². The quantitative estimate of drug-likeness (QED) is 0.338. The van der Waals surface area contributed by atoms with E-state index in [0.29, 0.717) is 0 Å². The summed E-state index contributed by atoms with van der Waals surface area (Å²) in [6, 6.07) is 0. The molecule has 0 amide bonds. The number of hydrogen-bond acceptors (Lipinski definition) is 1. The molecule has 2 fully saturated rings. The largest absolute Gasteiger partial charge is 2.00 e. The topological polar surface area (TPSA) is 3.24 Å². The van der Waals surface area contributed by atoms with E-state index >= 15 is 0 Å². The van der Waals surface area contributed by atoms with E-state index in [1.807, 2.05) is 0 Å². The second-order valence-electron chi connectivity index (χ2n) is 10.3. The zero-order chi connectivity index (χ0) is 17.0. The monoisotopic (exact) mass is 427 g/mol. The molecular weight excluding hydrogens is 378 g/mol. The van der Waals surface area contributed by atoms with Gasteiger partial charge in [-0.15, -0.1) is 0 Å². The first-order valence-corrected chi connectivity index (χ1v) is 16.8. The van der Waals surface area contributed by atoms with E-state index in [0.717, 1.165) is 17.0 Å². The van der Waals surface area contributed by atoms with Crippen molar-refractivity contribution >= 4 is 16.1 Å². The maximum Gasteiger partial charge on any atom is 2.00 e. The summed E-state index contributed by atoms with van der Waals surface area (Å²) in [7, 11) is 2.81. The molecule has 0 aromatic heterocycles. The summed E-state index contributed by atoms with van der Waals surface area (Å²) in [5.74, 6) is 1.00. The average Bonchev–Trinajstić information content (AvgIpc) is 2.96. The van der Waals surface area contributed by atoms with E-state index in [4.69, 9.17) is 0 Å². The number of rotatable bonds is 4. The van der Waals surface area contributed by atoms with E-state index in [-0.39, 0.29) is 31.9 Å². The van der Waals surface area contributed by atoms with Crippen LogP contribution in [0.25, 0.3) is 0 Å². The van der Waals surface area contributed by atoms with Crippen LogP contribution in [0, 0.1) is 20.8 Å². The molecular formula is C21H49FeNSi2. The SMILES string of the molecule is CN(C)CC1CCCC1[Si](C)(C)C.C[Si](C)(C)C1CCCC1.[CH3-].[CH3-].[Fe+2]. The Labute approximate surface area is 174 Å². The Hall–Kier alpha value is 0.913. The molecule has 0 N–H and O–H groups in total. The van der Waals surface area contributed by atoms with Gasteiger partial charge in [0.2, 0.25) is 0 Å². The molecule has 2 rings (SSSR count). The number of hydrogen-bond donors (Lipinski definition) is 0. The normalized spacial score (nSPS) is 23.9. The first-order valence-electron chi connectivity index (χ1n) is 9.66. The smallest absolute Gasteiger partial charge is 0.358 e. The van der Waals surface area contributed by atoms with Gasteiger partial charge in [-0.1, -0.05) is 77.8 Å². The first-order chi connectivity index (χ1) is 10.0. The molecule has 4 heteroatoms. The molecule has 0 saturated heterocycles. The molecule has 0 aliphatic heterocycles. The molecule has 2 aliphatic rings. The van der Waals surface area contributed by atoms with E-state index in [9.17, 15) is 0 Å². The second-order valence-corrected chi connectivity index (χ2v) is 21.3. The molecule has 0 spiro atoms. The Bertz CT molecular complexity index is 315. The van der Waals surface area contributed by atoms with Gasteiger partial charge < -0.3 is 19.8 Å². The van der Waals surface area contributed by atoms with Crippen molar-refractivity contribution in [2.45, 2.75) is 95.3 Å². The van der Waals surface area contributed by atoms with Crippen LogP contribution < -0.4 is 0 Å². The van der Waals surface area contributed by atoms with Gasteiger partial charge >= 0.3 is 17.1 Å². The van der Waals surface area contributed by atoms with Gasteiger partial charge in [0.25, 0.3) is 0 Å². The first kappa shape index (κ1) is 30.6. The third-order valence-corrected chi connectivity index (χ3v) is 12.0. The predicted molar refractivity (Wildman–Crippen MR) is 121 cm³/mol. The predicted octanol–water partition coefficient (Wildman–Crippen LogP) is 7.22. The van der Waals surface area contributed by atoms with Gasteiger partial charge in [-0.05, 0) is 37.5 Å². The van der Waals surface area contributed by atoms with E-state index in [2.05, 4.69) is 58.3 Å². The van der Waals surface area contributed by atoms with Gasteiger partial charge in [-0.25, -0.2) is 0 Å². The van der Waals surface area contributed by atoms with E-state index in [1.54, 1.807) is 0 Å². The van der Waals surface area contributed by atoms with Crippen LogP contribution in [-0.4, -0.2) is 41.7 Å². The summed E-state index contributed by atoms with van der Waals surface area (Å²) in [6.45, 7) is 16.4. The summed E-state index contributed by atoms with van der Waals surface area (Å²) < 4.78 is 0. The molecule has 1 nitrogen and oxygen atoms in total. The van der Waals surface area contributed by atoms with Crippen LogP contribution >= 0.6 is 0 Å². The van der Waals surface area contributed by atoms with Crippen molar-refractivity contribution < 1.29 is 17.1 Å². The van der Waals surface area contributed by atoms with E-state index < -0.39 is 16.1 Å². The minimum absolute atomic E-state index is 0. The Morgan fingerprint density at radius 1 is 0.720 bits per heavy atom. The maximum absolute atomic E-state index is 2.53. The standard InChI is InChI=1S/C11H25NSi.C8H18Si.2CH3.Fe/c1-12(2)9-10-7-6-8-11(10)13(3,4)5;1-9(2,3)8-6-4-5-7-8;;;/h10-11H,6-9H2,1-5H3;8H,4-7H2,1-3H3;2*1H3;/q;;2*-1;+2. The van der Waals surface area contributed by atoms with Crippen molar-refractivity contribution in [2.75, 3.05) is 20.6 Å². The summed E-state index contributed by atoms with van der Waals surface area (Å²) in [6.07, 6.45) is 10.6. The fourth-order valence-corrected chi connectivity index (χ4v) is 9.55. The van der Waals surface area contributed by atoms with Crippen LogP contribution in [0.2, 0.25) is 50.4 Å². The van der Waals surface area contributed by atoms with Gasteiger partial charge in [0, 0.05) is 22.7 Å². The minimum Gasteiger partial charge on any atom is -0.358 e. The van der Waals surface area contributed by atoms with Crippen LogP contribution in [0.4, 0.5) is 0 Å². The van der Waals surface area contributed by atoms with Gasteiger partial charge in [-0.3, -0.25) is 0 Å². The fraction of sp³-hybridized carbons (Fsp3) is 0.905. The minimum atomic E-state index is -0.881. The van der Waals surface area contributed by atoms with Crippen LogP contribution in [0.3, 0.4) is 0 Å². The molecule has 0 bridgehead atoms. The third kappa shape index (κ3) is 11.4. The number of nitrogens with zero attached hydrogens (tertiary/aromatic N) is 1. The van der Waals surface area contributed by atoms with Gasteiger partial charge in [-0.2, -0.15) is 0 Å². The molecule has 154 valence electrons. The molecule has 0 aromatic rings. The third-order valence-electron chi connectivity index (χ3n) is 5.95. The average molecular weight is 428 g/mol. The summed E-state index contributed by atoms with van der Waals surface area (Å²) in [5.41, 5.74) is 2.23. The van der Waals surface area contributed by atoms with E-state index in [1.165, 1.54) is 51.5 Å². The Morgan fingerprint density at radius 2 is 1.20 bits per heavy atom. The summed E-state index contributed by atoms with van der Waals surface area (Å²) >= 11 is 0. The Kier molecular flexibility index (Phi) is 16.1. The van der Waals surface area contributed by atoms with Gasteiger partial charge in [0.1, 0.15) is 0 Å². The zero-order valence-electron chi connectivity index (χ0n) is 19.2. The van der Waals surface area contributed by atoms with Crippen molar-refractivity contribution in [3.8, 4) is 0 Å². The molecule has 2 aliphatic carbocycles. The molecule has 2 atom stereocenters. The molecule has 25 heavy (non-hydrogen) atoms. The molecule has 0 radical (unpaired) electrons. The zero-order valence-corrected chi connectivity index (χ0v) is 22.3. The summed E-state index contributed by atoms with van der Waals surface area (Å²) in [4.78, 5) is 2.36. The van der Waals surface area contributed by atoms with Gasteiger partial charge in [0.05, 0.1) is 0 Å². The van der Waals surface area contributed by atoms with Crippen molar-refractivity contribution in [1.29, 1.82) is 0 Å². The summed E-state index contributed by atoms with van der Waals surface area (Å²) in [5, 5.41) is 0. The van der Waals surface area contributed by atoms with Gasteiger partial charge in [0.15, 0.2) is 0 Å². The fourth-order valence-electron chi connectivity index (χ4n) is 4.66. The molecule has 0 aromatic carbocycles. The Morgan fingerprint density at radius 3 is 1.52 bits per heavy atom. The molecule has 2 saturated carbocycles. The van der Waals surface area contributed by atoms with Crippen LogP contribution in [0.1, 0.15) is 44.9 Å². The van der Waals surface area contributed by atoms with Crippen LogP contribution in [0.5, 0.6) is 0 Å². The van der Waals surface area contributed by atoms with Crippen molar-refractivity contribution in [1.82, 2.24) is 4.90 Å². The van der Waals surface area contributed by atoms with Crippen molar-refractivity contribution in [2.24, 2.45) is 5.92 Å². The van der Waals surface area contributed by atoms with Crippen molar-refractivity contribution in [3.63, 3.8) is 0 Å². The maximum atomic E-state index is 2.53. The second kappa shape index (κ2) is 13.2. The Balaban J connectivity index is -0.000000362. The molecule has 2 unspecified atom stereocenters.